The Labute approximate surface area is 119 Å². The highest BCUT2D eigenvalue weighted by Gasteiger charge is 2.40. The number of benzene rings is 1. The molecule has 0 aromatic heterocycles. The van der Waals surface area contributed by atoms with Crippen LogP contribution >= 0.6 is 10.7 Å². The molecular weight excluding hydrogens is 282 g/mol. The highest BCUT2D eigenvalue weighted by Crippen LogP contribution is 2.42. The molecule has 5 heteroatoms. The lowest BCUT2D eigenvalue weighted by atomic mass is 9.67. The second kappa shape index (κ2) is 4.76. The summed E-state index contributed by atoms with van der Waals surface area (Å²) in [5.41, 5.74) is 2.46. The number of nitrogens with zero attached hydrogens (tertiary/aromatic N) is 1. The fourth-order valence-electron chi connectivity index (χ4n) is 3.41. The van der Waals surface area contributed by atoms with E-state index in [1.165, 1.54) is 44.5 Å². The third-order valence-electron chi connectivity index (χ3n) is 4.63. The van der Waals surface area contributed by atoms with Crippen LogP contribution in [0.15, 0.2) is 24.3 Å². The number of rotatable bonds is 3. The molecule has 3 saturated heterocycles. The van der Waals surface area contributed by atoms with Crippen molar-refractivity contribution in [3.8, 4) is 0 Å². The van der Waals surface area contributed by atoms with Gasteiger partial charge in [0.2, 0.25) is 9.05 Å². The number of hydrogen-bond donors (Lipinski definition) is 0. The maximum atomic E-state index is 11.1. The van der Waals surface area contributed by atoms with E-state index in [2.05, 4.69) is 17.0 Å². The van der Waals surface area contributed by atoms with E-state index in [1.807, 2.05) is 12.1 Å². The molecule has 1 aromatic carbocycles. The summed E-state index contributed by atoms with van der Waals surface area (Å²) in [4.78, 5) is 2.52. The molecule has 2 bridgehead atoms. The summed E-state index contributed by atoms with van der Waals surface area (Å²) < 4.78 is 22.1. The predicted molar refractivity (Wildman–Crippen MR) is 76.9 cm³/mol. The first-order valence-corrected chi connectivity index (χ1v) is 9.19. The van der Waals surface area contributed by atoms with Crippen molar-refractivity contribution in [3.05, 3.63) is 35.4 Å². The third-order valence-corrected chi connectivity index (χ3v) is 5.63. The molecule has 0 N–H and O–H groups in total. The van der Waals surface area contributed by atoms with Gasteiger partial charge in [0, 0.05) is 10.7 Å². The van der Waals surface area contributed by atoms with E-state index in [0.29, 0.717) is 5.41 Å². The molecule has 3 fully saturated rings. The summed E-state index contributed by atoms with van der Waals surface area (Å²) in [6, 6.07) is 8.01. The number of fused-ring (bicyclic) bond motifs is 3. The van der Waals surface area contributed by atoms with Gasteiger partial charge in [0.15, 0.2) is 0 Å². The molecule has 0 saturated carbocycles. The molecule has 3 nitrogen and oxygen atoms in total. The zero-order valence-corrected chi connectivity index (χ0v) is 12.4. The van der Waals surface area contributed by atoms with Crippen molar-refractivity contribution in [3.63, 3.8) is 0 Å². The molecule has 4 rings (SSSR count). The second-order valence-corrected chi connectivity index (χ2v) is 8.53. The molecular formula is C14H18ClNO2S. The average Bonchev–Trinajstić information content (AvgIpc) is 2.40. The van der Waals surface area contributed by atoms with E-state index in [1.54, 1.807) is 0 Å². The van der Waals surface area contributed by atoms with E-state index >= 15 is 0 Å². The van der Waals surface area contributed by atoms with Gasteiger partial charge in [0.1, 0.15) is 0 Å². The lowest BCUT2D eigenvalue weighted by Crippen LogP contribution is -2.50. The van der Waals surface area contributed by atoms with E-state index < -0.39 is 9.05 Å². The third kappa shape index (κ3) is 2.81. The van der Waals surface area contributed by atoms with Crippen LogP contribution in [0.5, 0.6) is 0 Å². The number of halogens is 1. The van der Waals surface area contributed by atoms with Crippen molar-refractivity contribution in [1.82, 2.24) is 4.90 Å². The molecule has 3 aliphatic heterocycles. The minimum atomic E-state index is -3.46. The molecule has 1 aromatic rings. The van der Waals surface area contributed by atoms with Crippen LogP contribution in [0.2, 0.25) is 0 Å². The van der Waals surface area contributed by atoms with Gasteiger partial charge in [-0.15, -0.1) is 0 Å². The SMILES string of the molecule is O=S(=O)(Cl)Cc1ccc(C23CCN(CC2)CC3)cc1. The Balaban J connectivity index is 1.82. The molecule has 3 heterocycles. The molecule has 0 spiro atoms. The Hall–Kier alpha value is -0.580. The first-order chi connectivity index (χ1) is 8.97. The van der Waals surface area contributed by atoms with Gasteiger partial charge in [0.25, 0.3) is 0 Å². The van der Waals surface area contributed by atoms with E-state index in [4.69, 9.17) is 10.7 Å². The molecule has 0 radical (unpaired) electrons. The summed E-state index contributed by atoms with van der Waals surface area (Å²) >= 11 is 0. The molecule has 3 aliphatic rings. The fraction of sp³-hybridized carbons (Fsp3) is 0.571. The van der Waals surface area contributed by atoms with Crippen LogP contribution in [0.3, 0.4) is 0 Å². The molecule has 0 amide bonds. The largest absolute Gasteiger partial charge is 0.303 e. The van der Waals surface area contributed by atoms with E-state index in [-0.39, 0.29) is 5.75 Å². The molecule has 104 valence electrons. The molecule has 0 unspecified atom stereocenters. The van der Waals surface area contributed by atoms with Crippen molar-refractivity contribution >= 4 is 19.7 Å². The minimum absolute atomic E-state index is 0.0877. The summed E-state index contributed by atoms with van der Waals surface area (Å²) in [7, 11) is 1.82. The smallest absolute Gasteiger partial charge is 0.236 e. The lowest BCUT2D eigenvalue weighted by Gasteiger charge is -2.48. The maximum Gasteiger partial charge on any atom is 0.236 e. The summed E-state index contributed by atoms with van der Waals surface area (Å²) in [5, 5.41) is 0. The Bertz CT molecular complexity index is 546. The molecule has 19 heavy (non-hydrogen) atoms. The number of piperidine rings is 3. The molecule has 0 atom stereocenters. The summed E-state index contributed by atoms with van der Waals surface area (Å²) in [6.45, 7) is 3.58. The summed E-state index contributed by atoms with van der Waals surface area (Å²) in [5.74, 6) is -0.0877. The van der Waals surface area contributed by atoms with Crippen LogP contribution in [0.4, 0.5) is 0 Å². The van der Waals surface area contributed by atoms with Crippen molar-refractivity contribution < 1.29 is 8.42 Å². The van der Waals surface area contributed by atoms with Crippen LogP contribution in [-0.2, 0) is 20.2 Å². The van der Waals surface area contributed by atoms with Crippen molar-refractivity contribution in [2.24, 2.45) is 0 Å². The Morgan fingerprint density at radius 2 is 1.58 bits per heavy atom. The highest BCUT2D eigenvalue weighted by atomic mass is 35.7. The van der Waals surface area contributed by atoms with Gasteiger partial charge in [-0.05, 0) is 55.4 Å². The Kier molecular flexibility index (Phi) is 3.36. The minimum Gasteiger partial charge on any atom is -0.303 e. The van der Waals surface area contributed by atoms with Crippen molar-refractivity contribution in [1.29, 1.82) is 0 Å². The zero-order valence-electron chi connectivity index (χ0n) is 10.8. The highest BCUT2D eigenvalue weighted by molar-refractivity contribution is 8.13. The van der Waals surface area contributed by atoms with E-state index in [0.717, 1.165) is 5.56 Å². The summed E-state index contributed by atoms with van der Waals surface area (Å²) in [6.07, 6.45) is 3.67. The van der Waals surface area contributed by atoms with Gasteiger partial charge in [-0.25, -0.2) is 8.42 Å². The van der Waals surface area contributed by atoms with Crippen LogP contribution in [0, 0.1) is 0 Å². The van der Waals surface area contributed by atoms with Crippen molar-refractivity contribution in [2.45, 2.75) is 30.4 Å². The lowest BCUT2D eigenvalue weighted by molar-refractivity contribution is 0.0818. The first-order valence-electron chi connectivity index (χ1n) is 6.71. The molecule has 0 aliphatic carbocycles. The second-order valence-electron chi connectivity index (χ2n) is 5.75. The van der Waals surface area contributed by atoms with Gasteiger partial charge in [-0.1, -0.05) is 24.3 Å². The number of hydrogen-bond acceptors (Lipinski definition) is 3. The quantitative estimate of drug-likeness (QED) is 0.805. The van der Waals surface area contributed by atoms with Crippen LogP contribution < -0.4 is 0 Å². The van der Waals surface area contributed by atoms with Gasteiger partial charge >= 0.3 is 0 Å². The van der Waals surface area contributed by atoms with Gasteiger partial charge in [0.05, 0.1) is 5.75 Å². The van der Waals surface area contributed by atoms with Gasteiger partial charge in [-0.3, -0.25) is 0 Å². The van der Waals surface area contributed by atoms with Crippen LogP contribution in [0.25, 0.3) is 0 Å². The normalized spacial score (nSPS) is 30.5. The predicted octanol–water partition coefficient (Wildman–Crippen LogP) is 2.49. The van der Waals surface area contributed by atoms with Gasteiger partial charge < -0.3 is 4.90 Å². The van der Waals surface area contributed by atoms with E-state index in [9.17, 15) is 8.42 Å². The van der Waals surface area contributed by atoms with Gasteiger partial charge in [-0.2, -0.15) is 0 Å². The monoisotopic (exact) mass is 299 g/mol. The Morgan fingerprint density at radius 3 is 2.05 bits per heavy atom. The van der Waals surface area contributed by atoms with Crippen LogP contribution in [0.1, 0.15) is 30.4 Å². The average molecular weight is 300 g/mol. The van der Waals surface area contributed by atoms with Crippen LogP contribution in [-0.4, -0.2) is 33.0 Å². The standard InChI is InChI=1S/C14H18ClNO2S/c15-19(17,18)11-12-1-3-13(4-2-12)14-5-8-16(9-6-14)10-7-14/h1-4H,5-11H2. The van der Waals surface area contributed by atoms with Crippen molar-refractivity contribution in [2.75, 3.05) is 19.6 Å². The topological polar surface area (TPSA) is 37.4 Å². The maximum absolute atomic E-state index is 11.1. The zero-order chi connectivity index (χ0) is 13.5. The Morgan fingerprint density at radius 1 is 1.05 bits per heavy atom. The fourth-order valence-corrected chi connectivity index (χ4v) is 4.38. The first kappa shape index (κ1) is 13.4.